The van der Waals surface area contributed by atoms with Crippen molar-refractivity contribution in [2.45, 2.75) is 51.5 Å². The highest BCUT2D eigenvalue weighted by molar-refractivity contribution is 7.13. The van der Waals surface area contributed by atoms with Gasteiger partial charge in [-0.1, -0.05) is 35.4 Å². The molecule has 9 heteroatoms. The lowest BCUT2D eigenvalue weighted by Crippen LogP contribution is -2.39. The van der Waals surface area contributed by atoms with Crippen LogP contribution in [0.5, 0.6) is 0 Å². The number of hydrogen-bond donors (Lipinski definition) is 2. The van der Waals surface area contributed by atoms with E-state index in [4.69, 9.17) is 11.6 Å². The van der Waals surface area contributed by atoms with Crippen LogP contribution >= 0.6 is 22.9 Å². The SMILES string of the molecule is C[C@H]1CCCCN1CCCNC(=O)CCc1nnc(C(=O)Nc2cccc(Cl)c2)s1. The Kier molecular flexibility index (Phi) is 8.60. The van der Waals surface area contributed by atoms with Gasteiger partial charge in [-0.25, -0.2) is 0 Å². The molecule has 3 rings (SSSR count). The van der Waals surface area contributed by atoms with Crippen LogP contribution in [-0.2, 0) is 11.2 Å². The predicted molar refractivity (Wildman–Crippen MR) is 120 cm³/mol. The fraction of sp³-hybridized carbons (Fsp3) is 0.524. The normalized spacial score (nSPS) is 16.9. The lowest BCUT2D eigenvalue weighted by Gasteiger charge is -2.33. The van der Waals surface area contributed by atoms with Crippen molar-refractivity contribution in [3.05, 3.63) is 39.3 Å². The van der Waals surface area contributed by atoms with Crippen LogP contribution in [0.3, 0.4) is 0 Å². The quantitative estimate of drug-likeness (QED) is 0.569. The topological polar surface area (TPSA) is 87.2 Å². The maximum Gasteiger partial charge on any atom is 0.286 e. The van der Waals surface area contributed by atoms with Crippen LogP contribution in [0.4, 0.5) is 5.69 Å². The first-order valence-corrected chi connectivity index (χ1v) is 11.6. The van der Waals surface area contributed by atoms with Gasteiger partial charge in [0.15, 0.2) is 0 Å². The number of nitrogens with zero attached hydrogens (tertiary/aromatic N) is 3. The summed E-state index contributed by atoms with van der Waals surface area (Å²) >= 11 is 7.12. The molecular formula is C21H28ClN5O2S. The first-order chi connectivity index (χ1) is 14.5. The summed E-state index contributed by atoms with van der Waals surface area (Å²) in [6, 6.07) is 7.56. The first-order valence-electron chi connectivity index (χ1n) is 10.4. The van der Waals surface area contributed by atoms with E-state index in [1.54, 1.807) is 24.3 Å². The van der Waals surface area contributed by atoms with Crippen molar-refractivity contribution in [3.63, 3.8) is 0 Å². The maximum atomic E-state index is 12.3. The highest BCUT2D eigenvalue weighted by Crippen LogP contribution is 2.18. The molecular weight excluding hydrogens is 422 g/mol. The Morgan fingerprint density at radius 2 is 2.17 bits per heavy atom. The number of likely N-dealkylation sites (tertiary alicyclic amines) is 1. The number of carbonyl (C=O) groups excluding carboxylic acids is 2. The van der Waals surface area contributed by atoms with Gasteiger partial charge in [0.25, 0.3) is 5.91 Å². The van der Waals surface area contributed by atoms with Crippen molar-refractivity contribution in [1.29, 1.82) is 0 Å². The molecule has 0 spiro atoms. The highest BCUT2D eigenvalue weighted by Gasteiger charge is 2.17. The zero-order valence-corrected chi connectivity index (χ0v) is 18.8. The standard InChI is InChI=1S/C21H28ClN5O2S/c1-15-6-2-3-12-27(15)13-5-11-23-18(28)9-10-19-25-26-21(30-19)20(29)24-17-8-4-7-16(22)14-17/h4,7-8,14-15H,2-3,5-6,9-13H2,1H3,(H,23,28)(H,24,29)/t15-/m0/s1. The zero-order chi connectivity index (χ0) is 21.3. The molecule has 2 aromatic rings. The second kappa shape index (κ2) is 11.4. The predicted octanol–water partition coefficient (Wildman–Crippen LogP) is 3.76. The van der Waals surface area contributed by atoms with E-state index in [9.17, 15) is 9.59 Å². The summed E-state index contributed by atoms with van der Waals surface area (Å²) in [5.41, 5.74) is 0.600. The molecule has 2 N–H and O–H groups in total. The number of anilines is 1. The molecule has 1 aliphatic heterocycles. The first kappa shape index (κ1) is 22.7. The molecule has 0 unspecified atom stereocenters. The van der Waals surface area contributed by atoms with Crippen LogP contribution < -0.4 is 10.6 Å². The van der Waals surface area contributed by atoms with Crippen molar-refractivity contribution >= 4 is 40.4 Å². The minimum atomic E-state index is -0.336. The molecule has 7 nitrogen and oxygen atoms in total. The molecule has 0 radical (unpaired) electrons. The average molecular weight is 450 g/mol. The smallest absolute Gasteiger partial charge is 0.286 e. The van der Waals surface area contributed by atoms with Crippen LogP contribution in [0.1, 0.15) is 53.8 Å². The molecule has 162 valence electrons. The van der Waals surface area contributed by atoms with E-state index in [1.165, 1.54) is 37.1 Å². The van der Waals surface area contributed by atoms with Gasteiger partial charge < -0.3 is 15.5 Å². The number of halogens is 1. The van der Waals surface area contributed by atoms with E-state index in [-0.39, 0.29) is 16.8 Å². The van der Waals surface area contributed by atoms with E-state index < -0.39 is 0 Å². The van der Waals surface area contributed by atoms with Crippen LogP contribution in [0.25, 0.3) is 0 Å². The van der Waals surface area contributed by atoms with Gasteiger partial charge in [-0.3, -0.25) is 9.59 Å². The zero-order valence-electron chi connectivity index (χ0n) is 17.2. The Labute approximate surface area is 186 Å². The molecule has 1 atom stereocenters. The van der Waals surface area contributed by atoms with Gasteiger partial charge in [0.1, 0.15) is 5.01 Å². The molecule has 2 heterocycles. The van der Waals surface area contributed by atoms with Gasteiger partial charge in [0.2, 0.25) is 10.9 Å². The van der Waals surface area contributed by atoms with E-state index in [0.717, 1.165) is 13.0 Å². The van der Waals surface area contributed by atoms with E-state index in [1.807, 2.05) is 0 Å². The van der Waals surface area contributed by atoms with Gasteiger partial charge in [0, 0.05) is 42.7 Å². The minimum Gasteiger partial charge on any atom is -0.356 e. The van der Waals surface area contributed by atoms with E-state index >= 15 is 0 Å². The van der Waals surface area contributed by atoms with E-state index in [2.05, 4.69) is 32.7 Å². The average Bonchev–Trinajstić information content (AvgIpc) is 3.20. The number of piperidine rings is 1. The molecule has 1 aliphatic rings. The Morgan fingerprint density at radius 3 is 2.97 bits per heavy atom. The number of benzene rings is 1. The minimum absolute atomic E-state index is 0.00169. The highest BCUT2D eigenvalue weighted by atomic mass is 35.5. The monoisotopic (exact) mass is 449 g/mol. The molecule has 1 fully saturated rings. The van der Waals surface area contributed by atoms with Gasteiger partial charge in [-0.15, -0.1) is 10.2 Å². The number of hydrogen-bond acceptors (Lipinski definition) is 6. The maximum absolute atomic E-state index is 12.3. The Bertz CT molecular complexity index is 859. The Hall–Kier alpha value is -2.03. The van der Waals surface area contributed by atoms with Gasteiger partial charge in [-0.05, 0) is 50.9 Å². The molecule has 2 amide bonds. The summed E-state index contributed by atoms with van der Waals surface area (Å²) < 4.78 is 0. The molecule has 0 saturated carbocycles. The number of amides is 2. The fourth-order valence-corrected chi connectivity index (χ4v) is 4.43. The largest absolute Gasteiger partial charge is 0.356 e. The van der Waals surface area contributed by atoms with Crippen molar-refractivity contribution in [1.82, 2.24) is 20.4 Å². The van der Waals surface area contributed by atoms with Crippen LogP contribution in [0.2, 0.25) is 5.02 Å². The third-order valence-corrected chi connectivity index (χ3v) is 6.41. The third kappa shape index (κ3) is 7.04. The summed E-state index contributed by atoms with van der Waals surface area (Å²) in [5, 5.41) is 15.2. The van der Waals surface area contributed by atoms with Gasteiger partial charge in [0.05, 0.1) is 0 Å². The molecule has 0 aliphatic carbocycles. The Balaban J connectivity index is 1.35. The second-order valence-corrected chi connectivity index (χ2v) is 9.05. The summed E-state index contributed by atoms with van der Waals surface area (Å²) in [6.45, 7) is 5.16. The van der Waals surface area contributed by atoms with Crippen molar-refractivity contribution in [2.75, 3.05) is 25.0 Å². The van der Waals surface area contributed by atoms with Crippen LogP contribution in [0.15, 0.2) is 24.3 Å². The number of aromatic nitrogens is 2. The van der Waals surface area contributed by atoms with Crippen LogP contribution in [0, 0.1) is 0 Å². The number of aryl methyl sites for hydroxylation is 1. The molecule has 1 aromatic heterocycles. The molecule has 1 saturated heterocycles. The summed E-state index contributed by atoms with van der Waals surface area (Å²) in [5.74, 6) is -0.334. The summed E-state index contributed by atoms with van der Waals surface area (Å²) in [7, 11) is 0. The lowest BCUT2D eigenvalue weighted by molar-refractivity contribution is -0.121. The number of nitrogens with one attached hydrogen (secondary N) is 2. The van der Waals surface area contributed by atoms with Crippen molar-refractivity contribution in [3.8, 4) is 0 Å². The molecule has 30 heavy (non-hydrogen) atoms. The number of rotatable bonds is 9. The van der Waals surface area contributed by atoms with E-state index in [0.29, 0.717) is 41.1 Å². The molecule has 0 bridgehead atoms. The third-order valence-electron chi connectivity index (χ3n) is 5.19. The van der Waals surface area contributed by atoms with Crippen molar-refractivity contribution < 1.29 is 9.59 Å². The Morgan fingerprint density at radius 1 is 1.30 bits per heavy atom. The van der Waals surface area contributed by atoms with Gasteiger partial charge >= 0.3 is 0 Å². The summed E-state index contributed by atoms with van der Waals surface area (Å²) in [4.78, 5) is 26.9. The number of carbonyl (C=O) groups is 2. The van der Waals surface area contributed by atoms with Gasteiger partial charge in [-0.2, -0.15) is 0 Å². The van der Waals surface area contributed by atoms with Crippen molar-refractivity contribution in [2.24, 2.45) is 0 Å². The van der Waals surface area contributed by atoms with Crippen LogP contribution in [-0.4, -0.2) is 52.6 Å². The fourth-order valence-electron chi connectivity index (χ4n) is 3.51. The summed E-state index contributed by atoms with van der Waals surface area (Å²) in [6.07, 6.45) is 5.64. The second-order valence-electron chi connectivity index (χ2n) is 7.55. The lowest BCUT2D eigenvalue weighted by atomic mass is 10.0. The molecule has 1 aromatic carbocycles.